The van der Waals surface area contributed by atoms with Crippen LogP contribution in [0.2, 0.25) is 0 Å². The molecule has 1 unspecified atom stereocenters. The summed E-state index contributed by atoms with van der Waals surface area (Å²) < 4.78 is 43.1. The first-order valence-corrected chi connectivity index (χ1v) is 16.6. The smallest absolute Gasteiger partial charge is 0.319 e. The number of halogens is 2. The normalized spacial score (nSPS) is 19.0. The Labute approximate surface area is 287 Å². The lowest BCUT2D eigenvalue weighted by Crippen LogP contribution is -2.54. The molecule has 49 heavy (non-hydrogen) atoms. The number of terminal acetylenes is 1. The van der Waals surface area contributed by atoms with Crippen LogP contribution >= 0.6 is 0 Å². The number of phenolic OH excluding ortho intramolecular Hbond substituents is 1. The zero-order valence-electron chi connectivity index (χ0n) is 27.7. The second-order valence-corrected chi connectivity index (χ2v) is 12.5. The van der Waals surface area contributed by atoms with Crippen LogP contribution in [0.4, 0.5) is 14.6 Å². The zero-order chi connectivity index (χ0) is 34.9. The highest BCUT2D eigenvalue weighted by Gasteiger charge is 2.45. The third kappa shape index (κ3) is 6.90. The summed E-state index contributed by atoms with van der Waals surface area (Å²) in [5.74, 6) is 1.14. The number of aliphatic hydroxyl groups is 1. The molecule has 3 aliphatic heterocycles. The van der Waals surface area contributed by atoms with Crippen LogP contribution in [0, 0.1) is 24.0 Å². The van der Waals surface area contributed by atoms with Crippen LogP contribution in [0.25, 0.3) is 32.9 Å². The number of hydrogen-bond donors (Lipinski definition) is 3. The van der Waals surface area contributed by atoms with Gasteiger partial charge in [0.1, 0.15) is 50.9 Å². The second-order valence-electron chi connectivity index (χ2n) is 12.5. The summed E-state index contributed by atoms with van der Waals surface area (Å²) in [6, 6.07) is 5.13. The molecule has 4 aromatic rings. The van der Waals surface area contributed by atoms with Gasteiger partial charge in [-0.25, -0.2) is 8.78 Å². The van der Waals surface area contributed by atoms with Gasteiger partial charge in [-0.1, -0.05) is 25.8 Å². The predicted molar refractivity (Wildman–Crippen MR) is 186 cm³/mol. The number of rotatable bonds is 8. The average Bonchev–Trinajstić information content (AvgIpc) is 3.68. The first-order chi connectivity index (χ1) is 23.5. The summed E-state index contributed by atoms with van der Waals surface area (Å²) >= 11 is 0. The van der Waals surface area contributed by atoms with Crippen molar-refractivity contribution >= 4 is 43.2 Å². The van der Waals surface area contributed by atoms with Crippen LogP contribution in [0.15, 0.2) is 30.5 Å². The summed E-state index contributed by atoms with van der Waals surface area (Å²) in [6.45, 7) is 7.76. The van der Waals surface area contributed by atoms with Crippen molar-refractivity contribution < 1.29 is 28.5 Å². The molecule has 0 bridgehead atoms. The van der Waals surface area contributed by atoms with Crippen LogP contribution in [-0.4, -0.2) is 109 Å². The minimum atomic E-state index is -2.29. The van der Waals surface area contributed by atoms with E-state index in [-0.39, 0.29) is 57.7 Å². The molecule has 3 aliphatic rings. The van der Waals surface area contributed by atoms with Crippen molar-refractivity contribution in [2.75, 3.05) is 50.8 Å². The van der Waals surface area contributed by atoms with E-state index in [1.165, 1.54) is 30.5 Å². The number of benzene rings is 2. The number of hydrogen-bond acceptors (Lipinski definition) is 10. The molecule has 3 fully saturated rings. The minimum Gasteiger partial charge on any atom is -0.508 e. The highest BCUT2D eigenvalue weighted by atomic mass is 19.1. The Kier molecular flexibility index (Phi) is 10.0. The van der Waals surface area contributed by atoms with Crippen LogP contribution in [0.1, 0.15) is 45.1 Å². The van der Waals surface area contributed by atoms with Crippen LogP contribution in [-0.2, 0) is 4.74 Å². The van der Waals surface area contributed by atoms with E-state index in [2.05, 4.69) is 26.1 Å². The lowest BCUT2D eigenvalue weighted by Gasteiger charge is -2.36. The zero-order valence-corrected chi connectivity index (χ0v) is 27.7. The van der Waals surface area contributed by atoms with E-state index in [0.29, 0.717) is 42.8 Å². The number of nitrogens with zero attached hydrogens (tertiary/aromatic N) is 5. The molecular weight excluding hydrogens is 628 g/mol. The molecule has 1 atom stereocenters. The molecule has 0 amide bonds. The highest BCUT2D eigenvalue weighted by Crippen LogP contribution is 2.41. The van der Waals surface area contributed by atoms with E-state index < -0.39 is 17.2 Å². The number of pyridine rings is 1. The van der Waals surface area contributed by atoms with Crippen molar-refractivity contribution in [2.45, 2.75) is 56.7 Å². The number of fused-ring (bicyclic) bond motifs is 3. The molecule has 0 spiro atoms. The van der Waals surface area contributed by atoms with Gasteiger partial charge >= 0.3 is 6.01 Å². The average molecular weight is 666 g/mol. The lowest BCUT2D eigenvalue weighted by molar-refractivity contribution is -0.0819. The molecule has 3 N–H and O–H groups in total. The van der Waals surface area contributed by atoms with Gasteiger partial charge in [-0.05, 0) is 62.4 Å². The highest BCUT2D eigenvalue weighted by molar-refractivity contribution is 6.37. The molecular formula is C35H38B2F2N6O4. The van der Waals surface area contributed by atoms with E-state index in [1.807, 2.05) is 18.7 Å². The summed E-state index contributed by atoms with van der Waals surface area (Å²) in [6.07, 6.45) is 11.3. The molecule has 2 aromatic heterocycles. The monoisotopic (exact) mass is 666 g/mol. The second kappa shape index (κ2) is 14.1. The van der Waals surface area contributed by atoms with Gasteiger partial charge in [0.15, 0.2) is 5.82 Å². The number of piperazine rings is 1. The van der Waals surface area contributed by atoms with E-state index in [4.69, 9.17) is 36.6 Å². The third-order valence-electron chi connectivity index (χ3n) is 9.45. The predicted octanol–water partition coefficient (Wildman–Crippen LogP) is 3.58. The Hall–Kier alpha value is -4.02. The molecule has 10 nitrogen and oxygen atoms in total. The van der Waals surface area contributed by atoms with Crippen LogP contribution < -0.4 is 15.0 Å². The fourth-order valence-electron chi connectivity index (χ4n) is 7.29. The quantitative estimate of drug-likeness (QED) is 0.147. The largest absolute Gasteiger partial charge is 0.508 e. The SMILES string of the molecule is CC.[B]C([B])(O)OCC1CN(c2nc(OCC34CCCN3CCC4)nc3c(F)c(-c4cc(O)cc5ccc(F)c(C#C)c45)ncc23)CCN1. The molecule has 2 aromatic carbocycles. The van der Waals surface area contributed by atoms with Crippen molar-refractivity contribution in [3.05, 3.63) is 47.7 Å². The molecule has 3 saturated heterocycles. The number of aromatic nitrogens is 3. The Morgan fingerprint density at radius 2 is 1.90 bits per heavy atom. The van der Waals surface area contributed by atoms with Gasteiger partial charge in [0, 0.05) is 42.8 Å². The lowest BCUT2D eigenvalue weighted by atomic mass is 9.76. The van der Waals surface area contributed by atoms with Gasteiger partial charge in [-0.15, -0.1) is 6.42 Å². The number of ether oxygens (including phenoxy) is 2. The van der Waals surface area contributed by atoms with Gasteiger partial charge in [-0.2, -0.15) is 9.97 Å². The van der Waals surface area contributed by atoms with E-state index in [0.717, 1.165) is 38.8 Å². The van der Waals surface area contributed by atoms with E-state index >= 15 is 4.39 Å². The van der Waals surface area contributed by atoms with Crippen LogP contribution in [0.5, 0.6) is 11.8 Å². The maximum Gasteiger partial charge on any atom is 0.319 e. The standard InChI is InChI=1S/C33H32B2F2N6O4.C2H6/c1-2-22-25(36)6-5-19-13-21(44)14-23(26(19)22)28-27(37)29-24(15-39-28)30(42-12-9-38-20(16-42)17-47-33(34,35)45)41-31(40-29)46-18-32-7-3-10-43(32)11-4-8-32;1-2/h1,5-6,13-15,20,38,44-45H,3-4,7-12,16-18H2;1-2H3. The molecule has 7 rings (SSSR count). The molecule has 0 saturated carbocycles. The Morgan fingerprint density at radius 1 is 1.14 bits per heavy atom. The number of anilines is 1. The molecule has 5 heterocycles. The molecule has 0 aliphatic carbocycles. The number of nitrogens with one attached hydrogen (secondary N) is 1. The summed E-state index contributed by atoms with van der Waals surface area (Å²) in [5.41, 5.74) is -2.56. The van der Waals surface area contributed by atoms with Gasteiger partial charge in [0.25, 0.3) is 0 Å². The maximum absolute atomic E-state index is 16.8. The number of aromatic hydroxyl groups is 1. The Morgan fingerprint density at radius 3 is 2.61 bits per heavy atom. The summed E-state index contributed by atoms with van der Waals surface area (Å²) in [5, 5.41) is 24.5. The topological polar surface area (TPSA) is 116 Å². The minimum absolute atomic E-state index is 0.000132. The van der Waals surface area contributed by atoms with Crippen molar-refractivity contribution in [1.29, 1.82) is 0 Å². The van der Waals surface area contributed by atoms with Crippen molar-refractivity contribution in [2.24, 2.45) is 0 Å². The first-order valence-electron chi connectivity index (χ1n) is 16.6. The van der Waals surface area contributed by atoms with Crippen LogP contribution in [0.3, 0.4) is 0 Å². The van der Waals surface area contributed by atoms with Gasteiger partial charge in [0.2, 0.25) is 0 Å². The maximum atomic E-state index is 16.8. The Bertz CT molecular complexity index is 1890. The molecule has 14 heteroatoms. The third-order valence-corrected chi connectivity index (χ3v) is 9.45. The summed E-state index contributed by atoms with van der Waals surface area (Å²) in [7, 11) is 10.8. The van der Waals surface area contributed by atoms with Crippen molar-refractivity contribution in [1.82, 2.24) is 25.2 Å². The van der Waals surface area contributed by atoms with Gasteiger partial charge in [-0.3, -0.25) is 9.88 Å². The fourth-order valence-corrected chi connectivity index (χ4v) is 7.29. The van der Waals surface area contributed by atoms with E-state index in [1.54, 1.807) is 0 Å². The Balaban J connectivity index is 0.00000205. The summed E-state index contributed by atoms with van der Waals surface area (Å²) in [4.78, 5) is 18.2. The van der Waals surface area contributed by atoms with Gasteiger partial charge < -0.3 is 29.9 Å². The number of phenols is 1. The van der Waals surface area contributed by atoms with Crippen molar-refractivity contribution in [3.63, 3.8) is 0 Å². The van der Waals surface area contributed by atoms with E-state index in [9.17, 15) is 14.6 Å². The fraction of sp³-hybridized carbons (Fsp3) is 0.457. The van der Waals surface area contributed by atoms with Crippen molar-refractivity contribution in [3.8, 4) is 35.4 Å². The first kappa shape index (κ1) is 34.8. The van der Waals surface area contributed by atoms with Gasteiger partial charge in [0.05, 0.1) is 28.7 Å². The molecule has 4 radical (unpaired) electrons. The molecule has 252 valence electrons.